The molecule has 0 aliphatic rings. The Balaban J connectivity index is 0.00000342. The third kappa shape index (κ3) is 6.54. The molecule has 4 aromatic rings. The predicted octanol–water partition coefficient (Wildman–Crippen LogP) is 5.14. The molecule has 2 heterocycles. The number of aromatic nitrogens is 3. The monoisotopic (exact) mass is 507 g/mol. The van der Waals surface area contributed by atoms with Crippen molar-refractivity contribution in [3.63, 3.8) is 0 Å². The van der Waals surface area contributed by atoms with E-state index in [0.717, 1.165) is 16.6 Å². The molecule has 186 valence electrons. The summed E-state index contributed by atoms with van der Waals surface area (Å²) < 4.78 is 55.3. The standard InChI is InChI=1S/C24H22F3N3O4.H3P/c1-3-32-23(31)14-30-11-10-17-12-20(8-9-22(17)30)33-15-18-13-21(28-29(18)2)16-4-6-19(7-5-16)34-24(25,26)27;/h4-13H,3,14-15H2,1-2H3;1H3. The average molecular weight is 507 g/mol. The number of nitrogens with zero attached hydrogens (tertiary/aromatic N) is 3. The van der Waals surface area contributed by atoms with Crippen LogP contribution in [0.1, 0.15) is 12.6 Å². The molecule has 0 N–H and O–H groups in total. The van der Waals surface area contributed by atoms with Crippen LogP contribution in [0.2, 0.25) is 0 Å². The number of rotatable bonds is 8. The summed E-state index contributed by atoms with van der Waals surface area (Å²) in [5.41, 5.74) is 2.93. The van der Waals surface area contributed by atoms with Crippen molar-refractivity contribution in [2.45, 2.75) is 26.4 Å². The molecule has 11 heteroatoms. The summed E-state index contributed by atoms with van der Waals surface area (Å²) in [5, 5.41) is 5.34. The normalized spacial score (nSPS) is 11.2. The molecule has 4 rings (SSSR count). The van der Waals surface area contributed by atoms with Crippen LogP contribution >= 0.6 is 9.90 Å². The van der Waals surface area contributed by atoms with Crippen LogP contribution in [0.15, 0.2) is 60.8 Å². The summed E-state index contributed by atoms with van der Waals surface area (Å²) >= 11 is 0. The minimum Gasteiger partial charge on any atom is -0.487 e. The average Bonchev–Trinajstić information content (AvgIpc) is 3.35. The topological polar surface area (TPSA) is 67.5 Å². The summed E-state index contributed by atoms with van der Waals surface area (Å²) in [5.74, 6) is 0.0647. The number of hydrogen-bond donors (Lipinski definition) is 0. The quantitative estimate of drug-likeness (QED) is 0.244. The van der Waals surface area contributed by atoms with Gasteiger partial charge in [-0.2, -0.15) is 15.0 Å². The van der Waals surface area contributed by atoms with Gasteiger partial charge in [-0.05, 0) is 61.5 Å². The van der Waals surface area contributed by atoms with Gasteiger partial charge in [-0.15, -0.1) is 13.2 Å². The van der Waals surface area contributed by atoms with Gasteiger partial charge in [0.1, 0.15) is 24.7 Å². The van der Waals surface area contributed by atoms with E-state index in [1.54, 1.807) is 18.7 Å². The molecule has 2 aromatic heterocycles. The zero-order valence-electron chi connectivity index (χ0n) is 19.2. The zero-order valence-corrected chi connectivity index (χ0v) is 20.6. The Bertz CT molecular complexity index is 1300. The van der Waals surface area contributed by atoms with Gasteiger partial charge in [0.2, 0.25) is 0 Å². The van der Waals surface area contributed by atoms with Gasteiger partial charge in [-0.1, -0.05) is 0 Å². The number of alkyl halides is 3. The lowest BCUT2D eigenvalue weighted by Gasteiger charge is -2.08. The molecule has 0 aliphatic heterocycles. The van der Waals surface area contributed by atoms with E-state index in [1.165, 1.54) is 24.3 Å². The van der Waals surface area contributed by atoms with Crippen molar-refractivity contribution < 1.29 is 32.2 Å². The second-order valence-corrected chi connectivity index (χ2v) is 7.47. The molecule has 0 bridgehead atoms. The first-order valence-corrected chi connectivity index (χ1v) is 10.5. The maximum atomic E-state index is 12.3. The third-order valence-corrected chi connectivity index (χ3v) is 5.09. The van der Waals surface area contributed by atoms with Gasteiger partial charge >= 0.3 is 12.3 Å². The number of esters is 1. The molecule has 0 amide bonds. The maximum Gasteiger partial charge on any atom is 0.573 e. The highest BCUT2D eigenvalue weighted by Gasteiger charge is 2.31. The Kier molecular flexibility index (Phi) is 8.07. The Morgan fingerprint density at radius 1 is 1.03 bits per heavy atom. The smallest absolute Gasteiger partial charge is 0.487 e. The van der Waals surface area contributed by atoms with Crippen molar-refractivity contribution in [1.82, 2.24) is 14.3 Å². The Hall–Kier alpha value is -3.52. The molecule has 1 atom stereocenters. The van der Waals surface area contributed by atoms with Crippen molar-refractivity contribution in [3.8, 4) is 22.8 Å². The fourth-order valence-electron chi connectivity index (χ4n) is 3.52. The van der Waals surface area contributed by atoms with Crippen LogP contribution in [0.4, 0.5) is 13.2 Å². The van der Waals surface area contributed by atoms with Gasteiger partial charge in [0.15, 0.2) is 0 Å². The van der Waals surface area contributed by atoms with E-state index in [2.05, 4.69) is 9.84 Å². The number of carbonyl (C=O) groups excluding carboxylic acids is 1. The van der Waals surface area contributed by atoms with E-state index in [0.29, 0.717) is 23.6 Å². The summed E-state index contributed by atoms with van der Waals surface area (Å²) in [6.45, 7) is 2.49. The summed E-state index contributed by atoms with van der Waals surface area (Å²) in [7, 11) is 1.77. The molecular weight excluding hydrogens is 482 g/mol. The molecule has 7 nitrogen and oxygen atoms in total. The number of halogens is 3. The molecule has 0 saturated carbocycles. The fourth-order valence-corrected chi connectivity index (χ4v) is 3.52. The van der Waals surface area contributed by atoms with E-state index >= 15 is 0 Å². The van der Waals surface area contributed by atoms with Gasteiger partial charge in [0.05, 0.1) is 18.0 Å². The van der Waals surface area contributed by atoms with Crippen molar-refractivity contribution in [2.75, 3.05) is 6.61 Å². The first kappa shape index (κ1) is 26.1. The van der Waals surface area contributed by atoms with Crippen LogP contribution in [0, 0.1) is 0 Å². The molecule has 0 aliphatic carbocycles. The van der Waals surface area contributed by atoms with E-state index in [4.69, 9.17) is 9.47 Å². The summed E-state index contributed by atoms with van der Waals surface area (Å²) in [6.07, 6.45) is -2.91. The van der Waals surface area contributed by atoms with Gasteiger partial charge in [0, 0.05) is 29.7 Å². The number of carbonyl (C=O) groups is 1. The Morgan fingerprint density at radius 3 is 2.43 bits per heavy atom. The van der Waals surface area contributed by atoms with Crippen molar-refractivity contribution in [3.05, 3.63) is 66.5 Å². The highest BCUT2D eigenvalue weighted by molar-refractivity contribution is 6.92. The number of ether oxygens (including phenoxy) is 3. The Morgan fingerprint density at radius 2 is 1.74 bits per heavy atom. The van der Waals surface area contributed by atoms with Gasteiger partial charge in [-0.3, -0.25) is 9.48 Å². The second kappa shape index (κ2) is 10.8. The summed E-state index contributed by atoms with van der Waals surface area (Å²) in [4.78, 5) is 11.8. The van der Waals surface area contributed by atoms with Crippen LogP contribution in [0.3, 0.4) is 0 Å². The van der Waals surface area contributed by atoms with Crippen LogP contribution in [-0.2, 0) is 29.7 Å². The molecule has 0 spiro atoms. The van der Waals surface area contributed by atoms with Gasteiger partial charge < -0.3 is 18.8 Å². The van der Waals surface area contributed by atoms with Crippen LogP contribution in [-0.4, -0.2) is 33.3 Å². The van der Waals surface area contributed by atoms with E-state index in [-0.39, 0.29) is 34.8 Å². The van der Waals surface area contributed by atoms with Gasteiger partial charge in [0.25, 0.3) is 0 Å². The first-order chi connectivity index (χ1) is 16.2. The largest absolute Gasteiger partial charge is 0.573 e. The number of aryl methyl sites for hydroxylation is 1. The molecule has 0 radical (unpaired) electrons. The lowest BCUT2D eigenvalue weighted by molar-refractivity contribution is -0.274. The van der Waals surface area contributed by atoms with E-state index in [1.807, 2.05) is 41.1 Å². The molecular formula is C24H25F3N3O4P. The molecule has 0 fully saturated rings. The lowest BCUT2D eigenvalue weighted by Crippen LogP contribution is -2.16. The fraction of sp³-hybridized carbons (Fsp3) is 0.250. The third-order valence-electron chi connectivity index (χ3n) is 5.09. The number of fused-ring (bicyclic) bond motifs is 1. The van der Waals surface area contributed by atoms with Crippen molar-refractivity contribution in [2.24, 2.45) is 7.05 Å². The SMILES string of the molecule is CCOC(=O)Cn1ccc2cc(OCc3cc(-c4ccc(OC(F)(F)F)cc4)nn3C)ccc21.P. The second-order valence-electron chi connectivity index (χ2n) is 7.47. The van der Waals surface area contributed by atoms with Crippen LogP contribution in [0.5, 0.6) is 11.5 Å². The van der Waals surface area contributed by atoms with Crippen molar-refractivity contribution >= 4 is 26.8 Å². The van der Waals surface area contributed by atoms with Gasteiger partial charge in [-0.25, -0.2) is 0 Å². The highest BCUT2D eigenvalue weighted by atomic mass is 31.0. The molecule has 35 heavy (non-hydrogen) atoms. The predicted molar refractivity (Wildman–Crippen MR) is 129 cm³/mol. The highest BCUT2D eigenvalue weighted by Crippen LogP contribution is 2.27. The zero-order chi connectivity index (χ0) is 24.3. The first-order valence-electron chi connectivity index (χ1n) is 10.5. The molecule has 1 unspecified atom stereocenters. The minimum atomic E-state index is -4.73. The molecule has 2 aromatic carbocycles. The molecule has 0 saturated heterocycles. The number of hydrogen-bond acceptors (Lipinski definition) is 5. The van der Waals surface area contributed by atoms with E-state index < -0.39 is 6.36 Å². The van der Waals surface area contributed by atoms with Crippen molar-refractivity contribution in [1.29, 1.82) is 0 Å². The number of benzene rings is 2. The van der Waals surface area contributed by atoms with Crippen LogP contribution < -0.4 is 9.47 Å². The maximum absolute atomic E-state index is 12.3. The van der Waals surface area contributed by atoms with E-state index in [9.17, 15) is 18.0 Å². The summed E-state index contributed by atoms with van der Waals surface area (Å²) in [6, 6.07) is 14.8. The minimum absolute atomic E-state index is 0. The lowest BCUT2D eigenvalue weighted by atomic mass is 10.1. The van der Waals surface area contributed by atoms with Crippen LogP contribution in [0.25, 0.3) is 22.2 Å². The Labute approximate surface area is 203 Å².